The molecule has 7 heteroatoms. The molecule has 0 radical (unpaired) electrons. The smallest absolute Gasteiger partial charge is 0.322 e. The lowest BCUT2D eigenvalue weighted by Gasteiger charge is -2.48. The number of amides is 2. The van der Waals surface area contributed by atoms with Crippen molar-refractivity contribution in [1.82, 2.24) is 10.2 Å². The average molecular weight is 428 g/mol. The van der Waals surface area contributed by atoms with Crippen molar-refractivity contribution in [2.24, 2.45) is 0 Å². The Hall–Kier alpha value is -2.38. The zero-order valence-electron chi connectivity index (χ0n) is 17.8. The zero-order chi connectivity index (χ0) is 21.6. The molecule has 2 aromatic rings. The first-order valence-corrected chi connectivity index (χ1v) is 12.2. The van der Waals surface area contributed by atoms with Crippen LogP contribution in [0.3, 0.4) is 0 Å². The van der Waals surface area contributed by atoms with Crippen LogP contribution in [0.1, 0.15) is 31.2 Å². The summed E-state index contributed by atoms with van der Waals surface area (Å²) in [6, 6.07) is 17.1. The van der Waals surface area contributed by atoms with Crippen molar-refractivity contribution >= 4 is 21.6 Å². The number of rotatable bonds is 4. The highest BCUT2D eigenvalue weighted by atomic mass is 32.2. The summed E-state index contributed by atoms with van der Waals surface area (Å²) in [5.74, 6) is 0. The van der Waals surface area contributed by atoms with E-state index in [9.17, 15) is 13.2 Å². The molecule has 1 aliphatic heterocycles. The van der Waals surface area contributed by atoms with E-state index in [-0.39, 0.29) is 22.0 Å². The van der Waals surface area contributed by atoms with Crippen molar-refractivity contribution in [1.29, 1.82) is 0 Å². The molecule has 6 nitrogen and oxygen atoms in total. The third-order valence-electron chi connectivity index (χ3n) is 6.86. The Morgan fingerprint density at radius 3 is 2.07 bits per heavy atom. The molecule has 1 N–H and O–H groups in total. The number of hydrogen-bond acceptors (Lipinski definition) is 4. The Balaban J connectivity index is 1.53. The molecule has 0 aromatic heterocycles. The van der Waals surface area contributed by atoms with E-state index in [1.54, 1.807) is 29.2 Å². The molecule has 30 heavy (non-hydrogen) atoms. The van der Waals surface area contributed by atoms with Gasteiger partial charge in [0.2, 0.25) is 0 Å². The molecule has 2 aliphatic rings. The summed E-state index contributed by atoms with van der Waals surface area (Å²) in [4.78, 5) is 17.1. The van der Waals surface area contributed by atoms with Gasteiger partial charge in [-0.1, -0.05) is 30.3 Å². The largest absolute Gasteiger partial charge is 0.330 e. The molecule has 1 aliphatic carbocycles. The van der Waals surface area contributed by atoms with E-state index in [0.29, 0.717) is 6.54 Å². The SMILES string of the molecule is CN(C)[C@]1(c2ccccc2)CC[C@@]2(CC1)CN(c1ccc(S(C)(=O)=O)cc1)C(=O)N2. The van der Waals surface area contributed by atoms with Crippen LogP contribution >= 0.6 is 0 Å². The van der Waals surface area contributed by atoms with Crippen LogP contribution in [0.4, 0.5) is 10.5 Å². The van der Waals surface area contributed by atoms with Crippen LogP contribution in [0.2, 0.25) is 0 Å². The Morgan fingerprint density at radius 2 is 1.53 bits per heavy atom. The number of nitrogens with zero attached hydrogens (tertiary/aromatic N) is 2. The Bertz CT molecular complexity index is 1030. The van der Waals surface area contributed by atoms with E-state index >= 15 is 0 Å². The van der Waals surface area contributed by atoms with Gasteiger partial charge in [-0.05, 0) is 69.6 Å². The summed E-state index contributed by atoms with van der Waals surface area (Å²) in [5, 5.41) is 3.24. The predicted molar refractivity (Wildman–Crippen MR) is 118 cm³/mol. The van der Waals surface area contributed by atoms with Crippen LogP contribution in [0.25, 0.3) is 0 Å². The standard InChI is InChI=1S/C23H29N3O3S/c1-25(2)23(18-7-5-4-6-8-18)15-13-22(14-16-23)17-26(21(27)24-22)19-9-11-20(12-10-19)30(3,28)29/h4-12H,13-17H2,1-3H3,(H,24,27)/t22-,23-. The van der Waals surface area contributed by atoms with E-state index in [1.807, 2.05) is 6.07 Å². The lowest BCUT2D eigenvalue weighted by Crippen LogP contribution is -2.54. The van der Waals surface area contributed by atoms with Crippen molar-refractivity contribution in [2.75, 3.05) is 31.8 Å². The predicted octanol–water partition coefficient (Wildman–Crippen LogP) is 3.39. The first kappa shape index (κ1) is 20.9. The maximum absolute atomic E-state index is 12.8. The summed E-state index contributed by atoms with van der Waals surface area (Å²) in [7, 11) is 1.01. The van der Waals surface area contributed by atoms with Gasteiger partial charge in [-0.25, -0.2) is 13.2 Å². The van der Waals surface area contributed by atoms with E-state index in [2.05, 4.69) is 48.6 Å². The third kappa shape index (κ3) is 3.61. The summed E-state index contributed by atoms with van der Waals surface area (Å²) in [6.07, 6.45) is 4.90. The van der Waals surface area contributed by atoms with Gasteiger partial charge in [-0.15, -0.1) is 0 Å². The Morgan fingerprint density at radius 1 is 0.933 bits per heavy atom. The molecule has 1 heterocycles. The van der Waals surface area contributed by atoms with Crippen molar-refractivity contribution in [2.45, 2.75) is 41.7 Å². The summed E-state index contributed by atoms with van der Waals surface area (Å²) in [6.45, 7) is 0.600. The number of sulfone groups is 1. The lowest BCUT2D eigenvalue weighted by molar-refractivity contribution is 0.0658. The molecule has 0 atom stereocenters. The number of nitrogens with one attached hydrogen (secondary N) is 1. The fraction of sp³-hybridized carbons (Fsp3) is 0.435. The van der Waals surface area contributed by atoms with Crippen molar-refractivity contribution in [3.63, 3.8) is 0 Å². The van der Waals surface area contributed by atoms with E-state index < -0.39 is 9.84 Å². The van der Waals surface area contributed by atoms with Gasteiger partial charge in [-0.3, -0.25) is 9.80 Å². The van der Waals surface area contributed by atoms with Gasteiger partial charge < -0.3 is 5.32 Å². The van der Waals surface area contributed by atoms with Gasteiger partial charge >= 0.3 is 6.03 Å². The number of anilines is 1. The fourth-order valence-corrected chi connectivity index (χ4v) is 5.59. The number of urea groups is 1. The van der Waals surface area contributed by atoms with E-state index in [4.69, 9.17) is 0 Å². The van der Waals surface area contributed by atoms with Crippen molar-refractivity contribution in [3.8, 4) is 0 Å². The quantitative estimate of drug-likeness (QED) is 0.812. The molecular weight excluding hydrogens is 398 g/mol. The zero-order valence-corrected chi connectivity index (χ0v) is 18.6. The first-order chi connectivity index (χ1) is 14.2. The topological polar surface area (TPSA) is 69.7 Å². The van der Waals surface area contributed by atoms with Crippen LogP contribution in [-0.2, 0) is 15.4 Å². The van der Waals surface area contributed by atoms with Crippen LogP contribution < -0.4 is 10.2 Å². The minimum Gasteiger partial charge on any atom is -0.330 e. The highest BCUT2D eigenvalue weighted by molar-refractivity contribution is 7.90. The number of carbonyl (C=O) groups is 1. The van der Waals surface area contributed by atoms with Gasteiger partial charge in [0.15, 0.2) is 9.84 Å². The minimum atomic E-state index is -3.25. The van der Waals surface area contributed by atoms with Crippen LogP contribution in [0.15, 0.2) is 59.5 Å². The maximum Gasteiger partial charge on any atom is 0.322 e. The second kappa shape index (κ2) is 7.39. The third-order valence-corrected chi connectivity index (χ3v) is 7.98. The van der Waals surface area contributed by atoms with Crippen molar-refractivity contribution in [3.05, 3.63) is 60.2 Å². The number of carbonyl (C=O) groups excluding carboxylic acids is 1. The number of benzene rings is 2. The van der Waals surface area contributed by atoms with Crippen molar-refractivity contribution < 1.29 is 13.2 Å². The summed E-state index contributed by atoms with van der Waals surface area (Å²) >= 11 is 0. The molecule has 0 unspecified atom stereocenters. The molecule has 2 amide bonds. The molecule has 1 spiro atoms. The average Bonchev–Trinajstić information content (AvgIpc) is 3.04. The molecule has 4 rings (SSSR count). The molecule has 2 fully saturated rings. The van der Waals surface area contributed by atoms with Gasteiger partial charge in [0.05, 0.1) is 17.0 Å². The second-order valence-corrected chi connectivity index (χ2v) is 10.9. The summed E-state index contributed by atoms with van der Waals surface area (Å²) in [5.41, 5.74) is 1.77. The second-order valence-electron chi connectivity index (χ2n) is 8.85. The monoisotopic (exact) mass is 427 g/mol. The molecular formula is C23H29N3O3S. The Kier molecular flexibility index (Phi) is 5.14. The van der Waals surface area contributed by atoms with Gasteiger partial charge in [-0.2, -0.15) is 0 Å². The minimum absolute atomic E-state index is 0.0260. The summed E-state index contributed by atoms with van der Waals surface area (Å²) < 4.78 is 23.4. The Labute approximate surface area is 178 Å². The molecule has 1 saturated carbocycles. The van der Waals surface area contributed by atoms with Crippen LogP contribution in [-0.4, -0.2) is 51.8 Å². The van der Waals surface area contributed by atoms with Gasteiger partial charge in [0, 0.05) is 17.5 Å². The van der Waals surface area contributed by atoms with Gasteiger partial charge in [0.1, 0.15) is 0 Å². The molecule has 2 aromatic carbocycles. The molecule has 0 bridgehead atoms. The number of hydrogen-bond donors (Lipinski definition) is 1. The lowest BCUT2D eigenvalue weighted by atomic mass is 9.69. The maximum atomic E-state index is 12.8. The van der Waals surface area contributed by atoms with E-state index in [0.717, 1.165) is 31.4 Å². The fourth-order valence-electron chi connectivity index (χ4n) is 4.96. The molecule has 160 valence electrons. The van der Waals surface area contributed by atoms with Gasteiger partial charge in [0.25, 0.3) is 0 Å². The highest BCUT2D eigenvalue weighted by Crippen LogP contribution is 2.46. The van der Waals surface area contributed by atoms with E-state index in [1.165, 1.54) is 11.8 Å². The first-order valence-electron chi connectivity index (χ1n) is 10.3. The normalized spacial score (nSPS) is 26.9. The van der Waals surface area contributed by atoms with Crippen LogP contribution in [0, 0.1) is 0 Å². The highest BCUT2D eigenvalue weighted by Gasteiger charge is 2.50. The molecule has 1 saturated heterocycles. The van der Waals surface area contributed by atoms with Crippen LogP contribution in [0.5, 0.6) is 0 Å².